The highest BCUT2D eigenvalue weighted by molar-refractivity contribution is 7.19. The molecule has 0 aliphatic rings. The van der Waals surface area contributed by atoms with E-state index in [4.69, 9.17) is 10.5 Å². The SMILES string of the molecule is CCOC(=O)c1c(NCC=C(C)C)sc(C(C)=O)c1N. The van der Waals surface area contributed by atoms with Crippen LogP contribution >= 0.6 is 11.3 Å². The topological polar surface area (TPSA) is 81.4 Å². The van der Waals surface area contributed by atoms with Crippen LogP contribution in [0.5, 0.6) is 0 Å². The summed E-state index contributed by atoms with van der Waals surface area (Å²) in [5.41, 5.74) is 7.51. The van der Waals surface area contributed by atoms with Gasteiger partial charge in [-0.15, -0.1) is 11.3 Å². The Labute approximate surface area is 122 Å². The summed E-state index contributed by atoms with van der Waals surface area (Å²) in [7, 11) is 0. The number of nitrogens with one attached hydrogen (secondary N) is 1. The highest BCUT2D eigenvalue weighted by Gasteiger charge is 2.24. The highest BCUT2D eigenvalue weighted by Crippen LogP contribution is 2.36. The second-order valence-corrected chi connectivity index (χ2v) is 5.51. The zero-order chi connectivity index (χ0) is 15.3. The maximum absolute atomic E-state index is 12.0. The molecule has 0 aliphatic heterocycles. The van der Waals surface area contributed by atoms with Crippen LogP contribution in [-0.2, 0) is 4.74 Å². The molecule has 3 N–H and O–H groups in total. The normalized spacial score (nSPS) is 10.0. The molecule has 0 atom stereocenters. The first-order chi connectivity index (χ1) is 9.38. The molecule has 0 saturated carbocycles. The van der Waals surface area contributed by atoms with Crippen LogP contribution in [0, 0.1) is 0 Å². The molecule has 0 radical (unpaired) electrons. The molecule has 5 nitrogen and oxygen atoms in total. The second kappa shape index (κ2) is 7.09. The van der Waals surface area contributed by atoms with Gasteiger partial charge in [0.05, 0.1) is 17.2 Å². The van der Waals surface area contributed by atoms with E-state index in [0.717, 1.165) is 5.57 Å². The number of esters is 1. The molecular formula is C14H20N2O3S. The number of allylic oxidation sites excluding steroid dienone is 1. The van der Waals surface area contributed by atoms with Gasteiger partial charge in [0, 0.05) is 13.5 Å². The van der Waals surface area contributed by atoms with Gasteiger partial charge in [-0.05, 0) is 20.8 Å². The van der Waals surface area contributed by atoms with E-state index in [9.17, 15) is 9.59 Å². The molecule has 110 valence electrons. The summed E-state index contributed by atoms with van der Waals surface area (Å²) in [4.78, 5) is 23.9. The molecule has 0 fully saturated rings. The molecule has 0 saturated heterocycles. The van der Waals surface area contributed by atoms with Crippen molar-refractivity contribution in [2.45, 2.75) is 27.7 Å². The number of carbonyl (C=O) groups is 2. The van der Waals surface area contributed by atoms with Crippen molar-refractivity contribution in [2.24, 2.45) is 0 Å². The quantitative estimate of drug-likeness (QED) is 0.479. The van der Waals surface area contributed by atoms with Crippen LogP contribution in [0.1, 0.15) is 47.7 Å². The van der Waals surface area contributed by atoms with Crippen molar-refractivity contribution in [3.63, 3.8) is 0 Å². The van der Waals surface area contributed by atoms with Gasteiger partial charge in [-0.25, -0.2) is 4.79 Å². The van der Waals surface area contributed by atoms with Gasteiger partial charge in [0.25, 0.3) is 0 Å². The number of hydrogen-bond acceptors (Lipinski definition) is 6. The lowest BCUT2D eigenvalue weighted by atomic mass is 10.2. The monoisotopic (exact) mass is 296 g/mol. The molecule has 0 spiro atoms. The summed E-state index contributed by atoms with van der Waals surface area (Å²) in [5.74, 6) is -0.665. The predicted molar refractivity (Wildman–Crippen MR) is 82.6 cm³/mol. The van der Waals surface area contributed by atoms with Crippen LogP contribution in [-0.4, -0.2) is 24.9 Å². The lowest BCUT2D eigenvalue weighted by Gasteiger charge is -2.06. The summed E-state index contributed by atoms with van der Waals surface area (Å²) in [6.07, 6.45) is 1.98. The molecule has 0 bridgehead atoms. The first-order valence-electron chi connectivity index (χ1n) is 6.36. The number of thiophene rings is 1. The van der Waals surface area contributed by atoms with E-state index < -0.39 is 5.97 Å². The Morgan fingerprint density at radius 1 is 1.35 bits per heavy atom. The number of nitrogen functional groups attached to an aromatic ring is 1. The van der Waals surface area contributed by atoms with Crippen molar-refractivity contribution in [1.29, 1.82) is 0 Å². The van der Waals surface area contributed by atoms with Gasteiger partial charge in [-0.1, -0.05) is 11.6 Å². The summed E-state index contributed by atoms with van der Waals surface area (Å²) in [5, 5.41) is 3.68. The Kier molecular flexibility index (Phi) is 5.76. The molecule has 1 rings (SSSR count). The molecular weight excluding hydrogens is 276 g/mol. The molecule has 20 heavy (non-hydrogen) atoms. The smallest absolute Gasteiger partial charge is 0.343 e. The minimum absolute atomic E-state index is 0.159. The molecule has 0 aromatic carbocycles. The Hall–Kier alpha value is -1.82. The third-order valence-corrected chi connectivity index (χ3v) is 3.78. The van der Waals surface area contributed by atoms with E-state index in [1.807, 2.05) is 19.9 Å². The van der Waals surface area contributed by atoms with Gasteiger partial charge in [0.15, 0.2) is 5.78 Å². The number of hydrogen-bond donors (Lipinski definition) is 2. The number of ether oxygens (including phenoxy) is 1. The van der Waals surface area contributed by atoms with Crippen LogP contribution in [0.25, 0.3) is 0 Å². The van der Waals surface area contributed by atoms with E-state index in [2.05, 4.69) is 5.32 Å². The van der Waals surface area contributed by atoms with E-state index in [-0.39, 0.29) is 23.6 Å². The molecule has 0 unspecified atom stereocenters. The molecule has 0 aliphatic carbocycles. The number of carbonyl (C=O) groups excluding carboxylic acids is 2. The van der Waals surface area contributed by atoms with Gasteiger partial charge in [-0.2, -0.15) is 0 Å². The van der Waals surface area contributed by atoms with E-state index in [1.165, 1.54) is 18.3 Å². The molecule has 1 heterocycles. The fourth-order valence-electron chi connectivity index (χ4n) is 1.58. The first-order valence-corrected chi connectivity index (χ1v) is 7.17. The van der Waals surface area contributed by atoms with Crippen molar-refractivity contribution in [1.82, 2.24) is 0 Å². The van der Waals surface area contributed by atoms with Gasteiger partial charge in [0.1, 0.15) is 10.6 Å². The summed E-state index contributed by atoms with van der Waals surface area (Å²) in [6.45, 7) is 7.94. The van der Waals surface area contributed by atoms with Crippen LogP contribution < -0.4 is 11.1 Å². The molecule has 0 amide bonds. The largest absolute Gasteiger partial charge is 0.462 e. The fourth-order valence-corrected chi connectivity index (χ4v) is 2.59. The minimum Gasteiger partial charge on any atom is -0.462 e. The lowest BCUT2D eigenvalue weighted by Crippen LogP contribution is -2.10. The Balaban J connectivity index is 3.13. The summed E-state index contributed by atoms with van der Waals surface area (Å²) < 4.78 is 4.99. The Bertz CT molecular complexity index is 543. The number of Topliss-reactive ketones (excluding diaryl/α,β-unsaturated/α-hetero) is 1. The van der Waals surface area contributed by atoms with Gasteiger partial charge < -0.3 is 15.8 Å². The van der Waals surface area contributed by atoms with Gasteiger partial charge >= 0.3 is 5.97 Å². The van der Waals surface area contributed by atoms with E-state index in [0.29, 0.717) is 16.4 Å². The lowest BCUT2D eigenvalue weighted by molar-refractivity contribution is 0.0529. The maximum atomic E-state index is 12.0. The van der Waals surface area contributed by atoms with Crippen LogP contribution in [0.4, 0.5) is 10.7 Å². The zero-order valence-electron chi connectivity index (χ0n) is 12.2. The number of anilines is 2. The van der Waals surface area contributed by atoms with Crippen molar-refractivity contribution in [3.8, 4) is 0 Å². The Morgan fingerprint density at radius 3 is 2.50 bits per heavy atom. The van der Waals surface area contributed by atoms with Crippen LogP contribution in [0.3, 0.4) is 0 Å². The van der Waals surface area contributed by atoms with Crippen molar-refractivity contribution >= 4 is 33.8 Å². The zero-order valence-corrected chi connectivity index (χ0v) is 13.0. The van der Waals surface area contributed by atoms with Crippen molar-refractivity contribution in [3.05, 3.63) is 22.1 Å². The maximum Gasteiger partial charge on any atom is 0.343 e. The number of rotatable bonds is 6. The highest BCUT2D eigenvalue weighted by atomic mass is 32.1. The van der Waals surface area contributed by atoms with Crippen LogP contribution in [0.15, 0.2) is 11.6 Å². The van der Waals surface area contributed by atoms with Crippen molar-refractivity contribution in [2.75, 3.05) is 24.2 Å². The number of ketones is 1. The third kappa shape index (κ3) is 3.84. The summed E-state index contributed by atoms with van der Waals surface area (Å²) >= 11 is 1.18. The second-order valence-electron chi connectivity index (χ2n) is 4.49. The summed E-state index contributed by atoms with van der Waals surface area (Å²) in [6, 6.07) is 0. The number of nitrogens with two attached hydrogens (primary N) is 1. The third-order valence-electron chi connectivity index (χ3n) is 2.52. The first kappa shape index (κ1) is 16.2. The van der Waals surface area contributed by atoms with Crippen LogP contribution in [0.2, 0.25) is 0 Å². The average Bonchev–Trinajstić information content (AvgIpc) is 2.66. The molecule has 6 heteroatoms. The minimum atomic E-state index is -0.506. The van der Waals surface area contributed by atoms with Crippen molar-refractivity contribution < 1.29 is 14.3 Å². The van der Waals surface area contributed by atoms with Gasteiger partial charge in [-0.3, -0.25) is 4.79 Å². The standard InChI is InChI=1S/C14H20N2O3S/c1-5-19-14(18)10-11(15)12(9(4)17)20-13(10)16-7-6-8(2)3/h6,16H,5,7,15H2,1-4H3. The molecule has 1 aromatic rings. The predicted octanol–water partition coefficient (Wildman–Crippen LogP) is 3.09. The fraction of sp³-hybridized carbons (Fsp3) is 0.429. The van der Waals surface area contributed by atoms with E-state index in [1.54, 1.807) is 6.92 Å². The average molecular weight is 296 g/mol. The van der Waals surface area contributed by atoms with Gasteiger partial charge in [0.2, 0.25) is 0 Å². The van der Waals surface area contributed by atoms with E-state index >= 15 is 0 Å². The molecule has 1 aromatic heterocycles. The Morgan fingerprint density at radius 2 is 2.00 bits per heavy atom.